The van der Waals surface area contributed by atoms with Gasteiger partial charge in [0.05, 0.1) is 24.6 Å². The molecule has 2 aromatic rings. The summed E-state index contributed by atoms with van der Waals surface area (Å²) < 4.78 is 28.0. The second kappa shape index (κ2) is 5.85. The first kappa shape index (κ1) is 13.6. The molecular formula is C10H16N6O2S. The van der Waals surface area contributed by atoms with Gasteiger partial charge >= 0.3 is 0 Å². The van der Waals surface area contributed by atoms with E-state index in [9.17, 15) is 8.42 Å². The lowest BCUT2D eigenvalue weighted by Crippen LogP contribution is -2.19. The van der Waals surface area contributed by atoms with E-state index in [4.69, 9.17) is 0 Å². The molecule has 0 spiro atoms. The number of sulfonamides is 1. The van der Waals surface area contributed by atoms with Crippen LogP contribution in [0, 0.1) is 0 Å². The number of nitrogens with zero attached hydrogens (tertiary/aromatic N) is 3. The summed E-state index contributed by atoms with van der Waals surface area (Å²) in [5, 5.41) is 13.4. The van der Waals surface area contributed by atoms with Crippen molar-refractivity contribution in [1.29, 1.82) is 0 Å². The third kappa shape index (κ3) is 3.55. The minimum atomic E-state index is -3.61. The van der Waals surface area contributed by atoms with Crippen molar-refractivity contribution in [2.24, 2.45) is 0 Å². The average molecular weight is 284 g/mol. The zero-order valence-corrected chi connectivity index (χ0v) is 11.3. The van der Waals surface area contributed by atoms with Crippen LogP contribution in [0.25, 0.3) is 0 Å². The minimum absolute atomic E-state index is 0.130. The zero-order chi connectivity index (χ0) is 13.7. The van der Waals surface area contributed by atoms with Gasteiger partial charge in [0.2, 0.25) is 0 Å². The van der Waals surface area contributed by atoms with Gasteiger partial charge in [-0.3, -0.25) is 14.5 Å². The fourth-order valence-electron chi connectivity index (χ4n) is 1.50. The Morgan fingerprint density at radius 1 is 1.42 bits per heavy atom. The fraction of sp³-hybridized carbons (Fsp3) is 0.400. The average Bonchev–Trinajstić information content (AvgIpc) is 3.00. The lowest BCUT2D eigenvalue weighted by Gasteiger charge is -2.03. The quantitative estimate of drug-likeness (QED) is 0.622. The van der Waals surface area contributed by atoms with Gasteiger partial charge in [-0.05, 0) is 6.54 Å². The van der Waals surface area contributed by atoms with Crippen LogP contribution in [0.1, 0.15) is 6.92 Å². The van der Waals surface area contributed by atoms with Crippen LogP contribution in [-0.4, -0.2) is 41.5 Å². The molecule has 9 heteroatoms. The van der Waals surface area contributed by atoms with Crippen molar-refractivity contribution in [3.63, 3.8) is 0 Å². The smallest absolute Gasteiger partial charge is 0.265 e. The third-order valence-corrected chi connectivity index (χ3v) is 3.77. The van der Waals surface area contributed by atoms with Crippen LogP contribution in [-0.2, 0) is 16.6 Å². The highest BCUT2D eigenvalue weighted by Crippen LogP contribution is 2.13. The van der Waals surface area contributed by atoms with Crippen molar-refractivity contribution < 1.29 is 8.42 Å². The molecule has 104 valence electrons. The first-order valence-corrected chi connectivity index (χ1v) is 7.35. The summed E-state index contributed by atoms with van der Waals surface area (Å²) in [4.78, 5) is 0.130. The van der Waals surface area contributed by atoms with E-state index in [1.54, 1.807) is 4.68 Å². The number of anilines is 1. The Morgan fingerprint density at radius 2 is 2.26 bits per heavy atom. The van der Waals surface area contributed by atoms with Crippen molar-refractivity contribution in [2.75, 3.05) is 17.8 Å². The van der Waals surface area contributed by atoms with Gasteiger partial charge in [-0.25, -0.2) is 8.42 Å². The Morgan fingerprint density at radius 3 is 2.95 bits per heavy atom. The molecule has 0 saturated carbocycles. The molecule has 2 heterocycles. The fourth-order valence-corrected chi connectivity index (χ4v) is 2.48. The number of aromatic amines is 1. The van der Waals surface area contributed by atoms with Gasteiger partial charge < -0.3 is 5.32 Å². The number of likely N-dealkylation sites (N-methyl/N-ethyl adjacent to an activating group) is 1. The summed E-state index contributed by atoms with van der Waals surface area (Å²) >= 11 is 0. The van der Waals surface area contributed by atoms with E-state index in [2.05, 4.69) is 25.3 Å². The first-order chi connectivity index (χ1) is 9.12. The lowest BCUT2D eigenvalue weighted by molar-refractivity contribution is 0.564. The largest absolute Gasteiger partial charge is 0.315 e. The van der Waals surface area contributed by atoms with Gasteiger partial charge in [0.15, 0.2) is 0 Å². The molecule has 0 aromatic carbocycles. The molecule has 0 aliphatic rings. The molecule has 0 bridgehead atoms. The topological polar surface area (TPSA) is 105 Å². The Balaban J connectivity index is 2.04. The molecule has 19 heavy (non-hydrogen) atoms. The van der Waals surface area contributed by atoms with E-state index in [-0.39, 0.29) is 4.90 Å². The highest BCUT2D eigenvalue weighted by molar-refractivity contribution is 7.92. The van der Waals surface area contributed by atoms with Crippen LogP contribution in [0.5, 0.6) is 0 Å². The Hall–Kier alpha value is -1.87. The number of aromatic nitrogens is 4. The highest BCUT2D eigenvalue weighted by Gasteiger charge is 2.16. The van der Waals surface area contributed by atoms with E-state index in [1.807, 2.05) is 6.92 Å². The zero-order valence-electron chi connectivity index (χ0n) is 10.5. The predicted octanol–water partition coefficient (Wildman–Crippen LogP) is 0.0165. The van der Waals surface area contributed by atoms with E-state index >= 15 is 0 Å². The number of hydrogen-bond acceptors (Lipinski definition) is 5. The molecular weight excluding hydrogens is 268 g/mol. The maximum Gasteiger partial charge on any atom is 0.265 e. The summed E-state index contributed by atoms with van der Waals surface area (Å²) in [6, 6.07) is 0. The molecule has 2 aromatic heterocycles. The molecule has 0 fully saturated rings. The summed E-state index contributed by atoms with van der Waals surface area (Å²) in [7, 11) is -3.61. The van der Waals surface area contributed by atoms with E-state index in [0.29, 0.717) is 12.2 Å². The van der Waals surface area contributed by atoms with Gasteiger partial charge in [0.25, 0.3) is 10.0 Å². The monoisotopic (exact) mass is 284 g/mol. The first-order valence-electron chi connectivity index (χ1n) is 5.86. The summed E-state index contributed by atoms with van der Waals surface area (Å²) in [6.45, 7) is 4.24. The van der Waals surface area contributed by atoms with E-state index in [0.717, 1.165) is 13.1 Å². The van der Waals surface area contributed by atoms with Crippen LogP contribution < -0.4 is 10.0 Å². The second-order valence-corrected chi connectivity index (χ2v) is 5.57. The number of H-pyrrole nitrogens is 1. The van der Waals surface area contributed by atoms with Crippen molar-refractivity contribution >= 4 is 15.7 Å². The van der Waals surface area contributed by atoms with Crippen molar-refractivity contribution in [2.45, 2.75) is 18.4 Å². The van der Waals surface area contributed by atoms with Crippen LogP contribution in [0.15, 0.2) is 29.7 Å². The van der Waals surface area contributed by atoms with Gasteiger partial charge in [-0.15, -0.1) is 0 Å². The summed E-state index contributed by atoms with van der Waals surface area (Å²) in [5.74, 6) is 0. The molecule has 2 rings (SSSR count). The van der Waals surface area contributed by atoms with Crippen LogP contribution in [0.3, 0.4) is 0 Å². The SMILES string of the molecule is CCNCCn1cc(S(=O)(=O)Nc2cn[nH]c2)cn1. The van der Waals surface area contributed by atoms with Gasteiger partial charge in [-0.1, -0.05) is 6.92 Å². The predicted molar refractivity (Wildman–Crippen MR) is 70.2 cm³/mol. The minimum Gasteiger partial charge on any atom is -0.315 e. The maximum atomic E-state index is 12.0. The standard InChI is InChI=1S/C10H16N6O2S/c1-2-11-3-4-16-8-10(7-14-16)19(17,18)15-9-5-12-13-6-9/h5-8,11,15H,2-4H2,1H3,(H,12,13). The molecule has 8 nitrogen and oxygen atoms in total. The molecule has 3 N–H and O–H groups in total. The Bertz CT molecular complexity index is 604. The third-order valence-electron chi connectivity index (χ3n) is 2.44. The van der Waals surface area contributed by atoms with E-state index in [1.165, 1.54) is 24.8 Å². The normalized spacial score (nSPS) is 11.6. The van der Waals surface area contributed by atoms with Crippen LogP contribution in [0.2, 0.25) is 0 Å². The molecule has 0 atom stereocenters. The number of rotatable bonds is 7. The Labute approximate surface area is 111 Å². The summed E-state index contributed by atoms with van der Waals surface area (Å²) in [5.41, 5.74) is 0.389. The lowest BCUT2D eigenvalue weighted by atomic mass is 10.6. The van der Waals surface area contributed by atoms with Crippen molar-refractivity contribution in [1.82, 2.24) is 25.3 Å². The second-order valence-electron chi connectivity index (χ2n) is 3.89. The summed E-state index contributed by atoms with van der Waals surface area (Å²) in [6.07, 6.45) is 5.69. The van der Waals surface area contributed by atoms with Gasteiger partial charge in [0, 0.05) is 18.9 Å². The molecule has 0 aliphatic carbocycles. The maximum absolute atomic E-state index is 12.0. The van der Waals surface area contributed by atoms with E-state index < -0.39 is 10.0 Å². The molecule has 0 saturated heterocycles. The van der Waals surface area contributed by atoms with Crippen molar-refractivity contribution in [3.05, 3.63) is 24.8 Å². The molecule has 0 aliphatic heterocycles. The van der Waals surface area contributed by atoms with Crippen LogP contribution in [0.4, 0.5) is 5.69 Å². The Kier molecular flexibility index (Phi) is 4.17. The van der Waals surface area contributed by atoms with Gasteiger partial charge in [-0.2, -0.15) is 10.2 Å². The molecule has 0 amide bonds. The molecule has 0 unspecified atom stereocenters. The number of nitrogens with one attached hydrogen (secondary N) is 3. The van der Waals surface area contributed by atoms with Crippen molar-refractivity contribution in [3.8, 4) is 0 Å². The van der Waals surface area contributed by atoms with Crippen LogP contribution >= 0.6 is 0 Å². The highest BCUT2D eigenvalue weighted by atomic mass is 32.2. The number of hydrogen-bond donors (Lipinski definition) is 3. The molecule has 0 radical (unpaired) electrons. The van der Waals surface area contributed by atoms with Gasteiger partial charge in [0.1, 0.15) is 4.90 Å².